The average molecular weight is 276 g/mol. The van der Waals surface area contributed by atoms with Crippen molar-refractivity contribution in [1.29, 1.82) is 0 Å². The summed E-state index contributed by atoms with van der Waals surface area (Å²) in [6.45, 7) is 6.81. The predicted molar refractivity (Wildman–Crippen MR) is 78.6 cm³/mol. The largest absolute Gasteiger partial charge is 0.486 e. The summed E-state index contributed by atoms with van der Waals surface area (Å²) in [6, 6.07) is 6.32. The molecule has 0 aliphatic carbocycles. The van der Waals surface area contributed by atoms with Crippen LogP contribution in [0, 0.1) is 5.92 Å². The minimum absolute atomic E-state index is 0.405. The maximum absolute atomic E-state index is 5.90. The monoisotopic (exact) mass is 276 g/mol. The zero-order valence-electron chi connectivity index (χ0n) is 12.4. The van der Waals surface area contributed by atoms with Gasteiger partial charge in [0.05, 0.1) is 6.10 Å². The molecule has 0 N–H and O–H groups in total. The number of hydrogen-bond donors (Lipinski definition) is 0. The molecular weight excluding hydrogens is 252 g/mol. The molecule has 3 nitrogen and oxygen atoms in total. The molecule has 0 aromatic heterocycles. The van der Waals surface area contributed by atoms with Crippen molar-refractivity contribution in [3.05, 3.63) is 23.8 Å². The van der Waals surface area contributed by atoms with Crippen molar-refractivity contribution in [3.63, 3.8) is 0 Å². The van der Waals surface area contributed by atoms with E-state index in [-0.39, 0.29) is 0 Å². The summed E-state index contributed by atoms with van der Waals surface area (Å²) >= 11 is 0. The van der Waals surface area contributed by atoms with E-state index in [0.29, 0.717) is 25.2 Å². The Morgan fingerprint density at radius 2 is 1.95 bits per heavy atom. The van der Waals surface area contributed by atoms with E-state index in [0.717, 1.165) is 30.4 Å². The first kappa shape index (κ1) is 13.7. The van der Waals surface area contributed by atoms with Crippen LogP contribution in [0.25, 0.3) is 0 Å². The average Bonchev–Trinajstić information content (AvgIpc) is 2.47. The van der Waals surface area contributed by atoms with Crippen molar-refractivity contribution in [1.82, 2.24) is 0 Å². The van der Waals surface area contributed by atoms with Gasteiger partial charge in [-0.15, -0.1) is 0 Å². The van der Waals surface area contributed by atoms with Crippen molar-refractivity contribution < 1.29 is 14.2 Å². The highest BCUT2D eigenvalue weighted by molar-refractivity contribution is 5.44. The van der Waals surface area contributed by atoms with Crippen LogP contribution in [0.1, 0.15) is 44.6 Å². The fourth-order valence-corrected chi connectivity index (χ4v) is 3.13. The molecule has 2 aliphatic heterocycles. The lowest BCUT2D eigenvalue weighted by molar-refractivity contribution is -0.0122. The fourth-order valence-electron chi connectivity index (χ4n) is 3.13. The molecule has 0 bridgehead atoms. The maximum atomic E-state index is 5.90. The van der Waals surface area contributed by atoms with E-state index < -0.39 is 0 Å². The minimum Gasteiger partial charge on any atom is -0.486 e. The molecule has 3 rings (SSSR count). The summed E-state index contributed by atoms with van der Waals surface area (Å²) < 4.78 is 17.1. The van der Waals surface area contributed by atoms with Gasteiger partial charge in [-0.05, 0) is 48.8 Å². The van der Waals surface area contributed by atoms with Gasteiger partial charge in [-0.25, -0.2) is 0 Å². The Bertz CT molecular complexity index is 458. The van der Waals surface area contributed by atoms with Gasteiger partial charge in [0.25, 0.3) is 0 Å². The lowest BCUT2D eigenvalue weighted by Crippen LogP contribution is -2.25. The molecule has 0 spiro atoms. The van der Waals surface area contributed by atoms with Gasteiger partial charge in [0.2, 0.25) is 0 Å². The molecule has 110 valence electrons. The Kier molecular flexibility index (Phi) is 4.16. The first-order chi connectivity index (χ1) is 9.72. The SMILES string of the molecule is CC1CCOC(CC(C)c2ccc3c(c2)OCCO3)C1. The van der Waals surface area contributed by atoms with Crippen molar-refractivity contribution in [2.45, 2.75) is 45.1 Å². The lowest BCUT2D eigenvalue weighted by atomic mass is 9.89. The topological polar surface area (TPSA) is 27.7 Å². The minimum atomic E-state index is 0.405. The highest BCUT2D eigenvalue weighted by Gasteiger charge is 2.23. The van der Waals surface area contributed by atoms with Gasteiger partial charge in [-0.2, -0.15) is 0 Å². The number of benzene rings is 1. The van der Waals surface area contributed by atoms with Crippen LogP contribution in [-0.2, 0) is 4.74 Å². The molecule has 3 unspecified atom stereocenters. The second kappa shape index (κ2) is 6.04. The number of ether oxygens (including phenoxy) is 3. The van der Waals surface area contributed by atoms with Gasteiger partial charge in [-0.3, -0.25) is 0 Å². The summed E-state index contributed by atoms with van der Waals surface area (Å²) in [5.74, 6) is 3.04. The van der Waals surface area contributed by atoms with Crippen molar-refractivity contribution in [3.8, 4) is 11.5 Å². The molecule has 3 atom stereocenters. The number of hydrogen-bond acceptors (Lipinski definition) is 3. The molecular formula is C17H24O3. The molecule has 1 saturated heterocycles. The number of fused-ring (bicyclic) bond motifs is 1. The van der Waals surface area contributed by atoms with Crippen molar-refractivity contribution >= 4 is 0 Å². The molecule has 0 amide bonds. The summed E-state index contributed by atoms with van der Waals surface area (Å²) in [5.41, 5.74) is 1.32. The van der Waals surface area contributed by atoms with Crippen LogP contribution in [0.3, 0.4) is 0 Å². The third kappa shape index (κ3) is 3.09. The van der Waals surface area contributed by atoms with Gasteiger partial charge in [0, 0.05) is 6.61 Å². The van der Waals surface area contributed by atoms with Crippen LogP contribution in [0.2, 0.25) is 0 Å². The first-order valence-corrected chi connectivity index (χ1v) is 7.73. The first-order valence-electron chi connectivity index (χ1n) is 7.73. The van der Waals surface area contributed by atoms with E-state index in [2.05, 4.69) is 26.0 Å². The van der Waals surface area contributed by atoms with Gasteiger partial charge in [-0.1, -0.05) is 19.9 Å². The van der Waals surface area contributed by atoms with Crippen molar-refractivity contribution in [2.75, 3.05) is 19.8 Å². The Hall–Kier alpha value is -1.22. The molecule has 20 heavy (non-hydrogen) atoms. The highest BCUT2D eigenvalue weighted by Crippen LogP contribution is 2.35. The standard InChI is InChI=1S/C17H24O3/c1-12-5-6-18-15(9-12)10-13(2)14-3-4-16-17(11-14)20-8-7-19-16/h3-4,11-13,15H,5-10H2,1-2H3. The highest BCUT2D eigenvalue weighted by atomic mass is 16.6. The molecule has 1 fully saturated rings. The zero-order chi connectivity index (χ0) is 13.9. The second-order valence-electron chi connectivity index (χ2n) is 6.16. The van der Waals surface area contributed by atoms with Crippen LogP contribution in [-0.4, -0.2) is 25.9 Å². The predicted octanol–water partition coefficient (Wildman–Crippen LogP) is 3.77. The second-order valence-corrected chi connectivity index (χ2v) is 6.16. The van der Waals surface area contributed by atoms with E-state index in [1.165, 1.54) is 18.4 Å². The van der Waals surface area contributed by atoms with Gasteiger partial charge < -0.3 is 14.2 Å². The van der Waals surface area contributed by atoms with Crippen LogP contribution in [0.5, 0.6) is 11.5 Å². The maximum Gasteiger partial charge on any atom is 0.161 e. The summed E-state index contributed by atoms with van der Waals surface area (Å²) in [5, 5.41) is 0. The van der Waals surface area contributed by atoms with E-state index in [1.54, 1.807) is 0 Å². The Balaban J connectivity index is 1.66. The van der Waals surface area contributed by atoms with Crippen LogP contribution in [0.4, 0.5) is 0 Å². The third-order valence-corrected chi connectivity index (χ3v) is 4.38. The molecule has 2 aliphatic rings. The van der Waals surface area contributed by atoms with Gasteiger partial charge >= 0.3 is 0 Å². The Labute approximate surface area is 121 Å². The van der Waals surface area contributed by atoms with Crippen LogP contribution in [0.15, 0.2) is 18.2 Å². The van der Waals surface area contributed by atoms with Crippen molar-refractivity contribution in [2.24, 2.45) is 5.92 Å². The quantitative estimate of drug-likeness (QED) is 0.841. The van der Waals surface area contributed by atoms with Gasteiger partial charge in [0.1, 0.15) is 13.2 Å². The molecule has 2 heterocycles. The summed E-state index contributed by atoms with van der Waals surface area (Å²) in [7, 11) is 0. The van der Waals surface area contributed by atoms with E-state index >= 15 is 0 Å². The molecule has 1 aromatic carbocycles. The summed E-state index contributed by atoms with van der Waals surface area (Å²) in [4.78, 5) is 0. The smallest absolute Gasteiger partial charge is 0.161 e. The van der Waals surface area contributed by atoms with Crippen LogP contribution < -0.4 is 9.47 Å². The normalized spacial score (nSPS) is 27.1. The Morgan fingerprint density at radius 3 is 2.75 bits per heavy atom. The Morgan fingerprint density at radius 1 is 1.15 bits per heavy atom. The van der Waals surface area contributed by atoms with E-state index in [1.807, 2.05) is 6.07 Å². The zero-order valence-corrected chi connectivity index (χ0v) is 12.4. The van der Waals surface area contributed by atoms with Crippen LogP contribution >= 0.6 is 0 Å². The summed E-state index contributed by atoms with van der Waals surface area (Å²) in [6.07, 6.45) is 3.88. The fraction of sp³-hybridized carbons (Fsp3) is 0.647. The van der Waals surface area contributed by atoms with E-state index in [9.17, 15) is 0 Å². The lowest BCUT2D eigenvalue weighted by Gasteiger charge is -2.29. The molecule has 0 radical (unpaired) electrons. The third-order valence-electron chi connectivity index (χ3n) is 4.38. The molecule has 1 aromatic rings. The molecule has 3 heteroatoms. The van der Waals surface area contributed by atoms with Gasteiger partial charge in [0.15, 0.2) is 11.5 Å². The number of rotatable bonds is 3. The van der Waals surface area contributed by atoms with E-state index in [4.69, 9.17) is 14.2 Å². The molecule has 0 saturated carbocycles.